The number of hydrogen-bond acceptors (Lipinski definition) is 4. The standard InChI is InChI=1S/C18H21F2N5O/c19-14-2-1-3-15(20)17(14)25-9-5-16(22-25)18(26)24-8-4-13(12-24)23-10-6-21-7-11-23/h1-3,5,9,13,21H,4,6-8,10-12H2. The number of carbonyl (C=O) groups excluding carboxylic acids is 1. The van der Waals surface area contributed by atoms with E-state index in [1.165, 1.54) is 30.5 Å². The monoisotopic (exact) mass is 361 g/mol. The molecular formula is C18H21F2N5O. The predicted molar refractivity (Wildman–Crippen MR) is 92.2 cm³/mol. The zero-order chi connectivity index (χ0) is 18.1. The third kappa shape index (κ3) is 3.22. The number of nitrogens with one attached hydrogen (secondary N) is 1. The number of benzene rings is 1. The predicted octanol–water partition coefficient (Wildman–Crippen LogP) is 1.27. The molecule has 0 bridgehead atoms. The molecule has 8 heteroatoms. The van der Waals surface area contributed by atoms with Crippen molar-refractivity contribution in [2.45, 2.75) is 12.5 Å². The van der Waals surface area contributed by atoms with E-state index in [-0.39, 0.29) is 17.3 Å². The molecule has 2 aliphatic heterocycles. The average Bonchev–Trinajstić information content (AvgIpc) is 3.32. The fraction of sp³-hybridized carbons (Fsp3) is 0.444. The lowest BCUT2D eigenvalue weighted by molar-refractivity contribution is 0.0767. The summed E-state index contributed by atoms with van der Waals surface area (Å²) in [5.74, 6) is -1.63. The van der Waals surface area contributed by atoms with E-state index >= 15 is 0 Å². The summed E-state index contributed by atoms with van der Waals surface area (Å²) in [7, 11) is 0. The number of rotatable bonds is 3. The maximum atomic E-state index is 13.9. The normalized spacial score (nSPS) is 21.3. The summed E-state index contributed by atoms with van der Waals surface area (Å²) in [6.07, 6.45) is 2.35. The number of carbonyl (C=O) groups is 1. The minimum absolute atomic E-state index is 0.196. The molecule has 4 rings (SSSR count). The van der Waals surface area contributed by atoms with Crippen LogP contribution in [0, 0.1) is 11.6 Å². The molecule has 0 saturated carbocycles. The van der Waals surface area contributed by atoms with Gasteiger partial charge in [0.05, 0.1) is 0 Å². The molecule has 0 spiro atoms. The van der Waals surface area contributed by atoms with Crippen molar-refractivity contribution >= 4 is 5.91 Å². The Labute approximate surface area is 150 Å². The van der Waals surface area contributed by atoms with Crippen molar-refractivity contribution in [2.24, 2.45) is 0 Å². The summed E-state index contributed by atoms with van der Waals surface area (Å²) in [5, 5.41) is 7.44. The molecule has 0 radical (unpaired) electrons. The topological polar surface area (TPSA) is 53.4 Å². The van der Waals surface area contributed by atoms with Crippen LogP contribution in [0.2, 0.25) is 0 Å². The lowest BCUT2D eigenvalue weighted by atomic mass is 10.2. The quantitative estimate of drug-likeness (QED) is 0.895. The van der Waals surface area contributed by atoms with E-state index < -0.39 is 11.6 Å². The first-order valence-electron chi connectivity index (χ1n) is 8.87. The Morgan fingerprint density at radius 2 is 1.85 bits per heavy atom. The van der Waals surface area contributed by atoms with Gasteiger partial charge < -0.3 is 10.2 Å². The van der Waals surface area contributed by atoms with Crippen molar-refractivity contribution in [3.8, 4) is 5.69 Å². The minimum Gasteiger partial charge on any atom is -0.336 e. The van der Waals surface area contributed by atoms with Crippen molar-refractivity contribution in [2.75, 3.05) is 39.3 Å². The van der Waals surface area contributed by atoms with Crippen molar-refractivity contribution in [3.05, 3.63) is 47.8 Å². The van der Waals surface area contributed by atoms with E-state index in [4.69, 9.17) is 0 Å². The SMILES string of the molecule is O=C(c1ccn(-c2c(F)cccc2F)n1)N1CCC(N2CCNCC2)C1. The fourth-order valence-corrected chi connectivity index (χ4v) is 3.70. The molecular weight excluding hydrogens is 340 g/mol. The van der Waals surface area contributed by atoms with E-state index in [1.54, 1.807) is 4.90 Å². The van der Waals surface area contributed by atoms with Gasteiger partial charge in [0, 0.05) is 51.5 Å². The summed E-state index contributed by atoms with van der Waals surface area (Å²) in [5.41, 5.74) is -0.0692. The summed E-state index contributed by atoms with van der Waals surface area (Å²) >= 11 is 0. The first kappa shape index (κ1) is 17.1. The molecule has 1 N–H and O–H groups in total. The van der Waals surface area contributed by atoms with Crippen molar-refractivity contribution in [3.63, 3.8) is 0 Å². The molecule has 2 aliphatic rings. The van der Waals surface area contributed by atoms with Crippen LogP contribution >= 0.6 is 0 Å². The fourth-order valence-electron chi connectivity index (χ4n) is 3.70. The Morgan fingerprint density at radius 3 is 2.58 bits per heavy atom. The summed E-state index contributed by atoms with van der Waals surface area (Å²) in [4.78, 5) is 16.9. The number of likely N-dealkylation sites (tertiary alicyclic amines) is 1. The highest BCUT2D eigenvalue weighted by Gasteiger charge is 2.32. The third-order valence-corrected chi connectivity index (χ3v) is 5.09. The van der Waals surface area contributed by atoms with Gasteiger partial charge in [-0.2, -0.15) is 5.10 Å². The maximum Gasteiger partial charge on any atom is 0.274 e. The van der Waals surface area contributed by atoms with Gasteiger partial charge >= 0.3 is 0 Å². The van der Waals surface area contributed by atoms with Crippen molar-refractivity contribution < 1.29 is 13.6 Å². The number of piperazine rings is 1. The zero-order valence-corrected chi connectivity index (χ0v) is 14.4. The average molecular weight is 361 g/mol. The van der Waals surface area contributed by atoms with Crippen LogP contribution in [0.25, 0.3) is 5.69 Å². The van der Waals surface area contributed by atoms with Gasteiger partial charge in [0.25, 0.3) is 5.91 Å². The van der Waals surface area contributed by atoms with Gasteiger partial charge in [-0.1, -0.05) is 6.07 Å². The molecule has 1 atom stereocenters. The van der Waals surface area contributed by atoms with Crippen LogP contribution in [-0.2, 0) is 0 Å². The van der Waals surface area contributed by atoms with Crippen LogP contribution in [0.15, 0.2) is 30.5 Å². The van der Waals surface area contributed by atoms with Crippen LogP contribution < -0.4 is 5.32 Å². The highest BCUT2D eigenvalue weighted by Crippen LogP contribution is 2.20. The molecule has 1 amide bonds. The van der Waals surface area contributed by atoms with Gasteiger partial charge in [0.15, 0.2) is 17.3 Å². The van der Waals surface area contributed by atoms with Crippen LogP contribution in [0.3, 0.4) is 0 Å². The lowest BCUT2D eigenvalue weighted by Crippen LogP contribution is -2.49. The van der Waals surface area contributed by atoms with E-state index in [0.29, 0.717) is 19.1 Å². The molecule has 1 aromatic heterocycles. The number of para-hydroxylation sites is 1. The van der Waals surface area contributed by atoms with Gasteiger partial charge in [-0.3, -0.25) is 9.69 Å². The molecule has 1 unspecified atom stereocenters. The second-order valence-electron chi connectivity index (χ2n) is 6.70. The van der Waals surface area contributed by atoms with E-state index in [1.807, 2.05) is 0 Å². The summed E-state index contributed by atoms with van der Waals surface area (Å²) < 4.78 is 28.9. The summed E-state index contributed by atoms with van der Waals surface area (Å²) in [6, 6.07) is 5.50. The third-order valence-electron chi connectivity index (χ3n) is 5.09. The second-order valence-corrected chi connectivity index (χ2v) is 6.70. The van der Waals surface area contributed by atoms with Gasteiger partial charge in [-0.05, 0) is 24.6 Å². The van der Waals surface area contributed by atoms with E-state index in [9.17, 15) is 13.6 Å². The molecule has 26 heavy (non-hydrogen) atoms. The van der Waals surface area contributed by atoms with Crippen molar-refractivity contribution in [1.29, 1.82) is 0 Å². The van der Waals surface area contributed by atoms with Crippen LogP contribution in [0.5, 0.6) is 0 Å². The number of halogens is 2. The largest absolute Gasteiger partial charge is 0.336 e. The number of amides is 1. The van der Waals surface area contributed by atoms with E-state index in [2.05, 4.69) is 15.3 Å². The van der Waals surface area contributed by atoms with E-state index in [0.717, 1.165) is 37.3 Å². The Balaban J connectivity index is 1.47. The number of nitrogens with zero attached hydrogens (tertiary/aromatic N) is 4. The minimum atomic E-state index is -0.716. The second kappa shape index (κ2) is 7.13. The first-order valence-corrected chi connectivity index (χ1v) is 8.87. The number of hydrogen-bond donors (Lipinski definition) is 1. The first-order chi connectivity index (χ1) is 12.6. The molecule has 138 valence electrons. The Hall–Kier alpha value is -2.32. The molecule has 2 saturated heterocycles. The smallest absolute Gasteiger partial charge is 0.274 e. The van der Waals surface area contributed by atoms with Gasteiger partial charge in [-0.15, -0.1) is 0 Å². The Kier molecular flexibility index (Phi) is 4.69. The Bertz CT molecular complexity index is 782. The molecule has 0 aliphatic carbocycles. The molecule has 2 aromatic rings. The highest BCUT2D eigenvalue weighted by atomic mass is 19.1. The van der Waals surface area contributed by atoms with Crippen LogP contribution in [-0.4, -0.2) is 70.8 Å². The van der Waals surface area contributed by atoms with Gasteiger partial charge in [0.2, 0.25) is 0 Å². The van der Waals surface area contributed by atoms with Gasteiger partial charge in [-0.25, -0.2) is 13.5 Å². The van der Waals surface area contributed by atoms with Crippen molar-refractivity contribution in [1.82, 2.24) is 24.9 Å². The van der Waals surface area contributed by atoms with Crippen LogP contribution in [0.1, 0.15) is 16.9 Å². The number of aromatic nitrogens is 2. The highest BCUT2D eigenvalue weighted by molar-refractivity contribution is 5.92. The lowest BCUT2D eigenvalue weighted by Gasteiger charge is -2.32. The summed E-state index contributed by atoms with van der Waals surface area (Å²) in [6.45, 7) is 5.28. The van der Waals surface area contributed by atoms with Gasteiger partial charge in [0.1, 0.15) is 5.69 Å². The Morgan fingerprint density at radius 1 is 1.12 bits per heavy atom. The molecule has 3 heterocycles. The molecule has 6 nitrogen and oxygen atoms in total. The maximum absolute atomic E-state index is 13.9. The molecule has 2 fully saturated rings. The zero-order valence-electron chi connectivity index (χ0n) is 14.4. The molecule has 1 aromatic carbocycles. The van der Waals surface area contributed by atoms with Crippen LogP contribution in [0.4, 0.5) is 8.78 Å².